The fourth-order valence-electron chi connectivity index (χ4n) is 8.21. The van der Waals surface area contributed by atoms with E-state index in [9.17, 15) is 10.2 Å². The Labute approximate surface area is 441 Å². The van der Waals surface area contributed by atoms with Crippen LogP contribution in [-0.2, 0) is 0 Å². The monoisotopic (exact) mass is 1000 g/mol. The summed E-state index contributed by atoms with van der Waals surface area (Å²) in [6, 6.07) is 71.3. The van der Waals surface area contributed by atoms with E-state index in [1.807, 2.05) is 83.1 Å². The Kier molecular flexibility index (Phi) is 19.0. The maximum atomic E-state index is 11.2. The molecule has 0 bridgehead atoms. The van der Waals surface area contributed by atoms with E-state index < -0.39 is 12.2 Å². The van der Waals surface area contributed by atoms with Crippen molar-refractivity contribution in [3.05, 3.63) is 240 Å². The van der Waals surface area contributed by atoms with Gasteiger partial charge in [0.1, 0.15) is 0 Å². The Hall–Kier alpha value is -7.08. The highest BCUT2D eigenvalue weighted by atomic mass is 32.2. The molecule has 2 N–H and O–H groups in total. The number of aliphatic hydroxyl groups is 2. The zero-order valence-corrected chi connectivity index (χ0v) is 43.9. The summed E-state index contributed by atoms with van der Waals surface area (Å²) in [5.74, 6) is 3.02. The fourth-order valence-corrected chi connectivity index (χ4v) is 10.2. The first kappa shape index (κ1) is 52.2. The molecular formula is C63H66N6O2S2. The van der Waals surface area contributed by atoms with Crippen molar-refractivity contribution in [1.82, 2.24) is 0 Å². The summed E-state index contributed by atoms with van der Waals surface area (Å²) >= 11 is 3.50. The lowest BCUT2D eigenvalue weighted by molar-refractivity contribution is 0.204. The molecule has 0 spiro atoms. The Morgan fingerprint density at radius 3 is 0.932 bits per heavy atom. The average molecular weight is 1000 g/mol. The van der Waals surface area contributed by atoms with Crippen molar-refractivity contribution in [3.8, 4) is 0 Å². The number of rotatable bonds is 24. The van der Waals surface area contributed by atoms with E-state index in [2.05, 4.69) is 183 Å². The van der Waals surface area contributed by atoms with Gasteiger partial charge in [0.25, 0.3) is 0 Å². The van der Waals surface area contributed by atoms with Crippen molar-refractivity contribution >= 4 is 81.5 Å². The van der Waals surface area contributed by atoms with Crippen LogP contribution in [0.2, 0.25) is 0 Å². The summed E-state index contributed by atoms with van der Waals surface area (Å²) in [6.45, 7) is 9.16. The van der Waals surface area contributed by atoms with E-state index in [1.54, 1.807) is 23.5 Å². The molecule has 8 aromatic rings. The van der Waals surface area contributed by atoms with E-state index >= 15 is 0 Å². The van der Waals surface area contributed by atoms with Gasteiger partial charge in [0.05, 0.1) is 49.1 Å². The third-order valence-electron chi connectivity index (χ3n) is 12.2. The summed E-state index contributed by atoms with van der Waals surface area (Å²) in [4.78, 5) is 4.52. The highest BCUT2D eigenvalue weighted by molar-refractivity contribution is 8.00. The van der Waals surface area contributed by atoms with Crippen molar-refractivity contribution in [2.24, 2.45) is 10.2 Å². The van der Waals surface area contributed by atoms with Crippen LogP contribution in [0.5, 0.6) is 0 Å². The van der Waals surface area contributed by atoms with Crippen molar-refractivity contribution in [1.29, 1.82) is 0 Å². The van der Waals surface area contributed by atoms with Gasteiger partial charge in [-0.05, 0) is 154 Å². The average Bonchev–Trinajstić information content (AvgIpc) is 3.42. The minimum Gasteiger partial charge on any atom is -0.390 e. The van der Waals surface area contributed by atoms with Crippen molar-refractivity contribution in [3.63, 3.8) is 0 Å². The maximum Gasteiger partial charge on any atom is 0.0826 e. The molecule has 8 rings (SSSR count). The zero-order chi connectivity index (χ0) is 50.8. The van der Waals surface area contributed by atoms with Crippen LogP contribution in [0.1, 0.15) is 39.8 Å². The normalized spacial score (nSPS) is 12.2. The van der Waals surface area contributed by atoms with Crippen LogP contribution in [0.25, 0.3) is 0 Å². The minimum atomic E-state index is -0.578. The van der Waals surface area contributed by atoms with E-state index in [0.29, 0.717) is 24.6 Å². The second-order valence-corrected chi connectivity index (χ2v) is 20.6. The first-order chi connectivity index (χ1) is 35.6. The summed E-state index contributed by atoms with van der Waals surface area (Å²) in [6.07, 6.45) is 3.54. The molecule has 0 heterocycles. The molecule has 372 valence electrons. The molecule has 0 amide bonds. The van der Waals surface area contributed by atoms with Gasteiger partial charge in [0.2, 0.25) is 0 Å². The predicted octanol–water partition coefficient (Wildman–Crippen LogP) is 14.8. The number of hydrogen-bond acceptors (Lipinski definition) is 10. The molecule has 0 saturated carbocycles. The Balaban J connectivity index is 0.804. The number of hydrazone groups is 2. The van der Waals surface area contributed by atoms with Gasteiger partial charge >= 0.3 is 0 Å². The molecule has 0 aliphatic carbocycles. The molecule has 2 atom stereocenters. The predicted molar refractivity (Wildman–Crippen MR) is 315 cm³/mol. The number of hydrogen-bond donors (Lipinski definition) is 2. The minimum absolute atomic E-state index is 0.369. The highest BCUT2D eigenvalue weighted by Gasteiger charge is 2.17. The molecule has 0 radical (unpaired) electrons. The van der Waals surface area contributed by atoms with Gasteiger partial charge in [0.15, 0.2) is 0 Å². The largest absolute Gasteiger partial charge is 0.390 e. The van der Waals surface area contributed by atoms with Crippen molar-refractivity contribution in [2.75, 3.05) is 55.9 Å². The number of nitrogens with zero attached hydrogens (tertiary/aromatic N) is 6. The SMILES string of the molecule is Cc1ccc(N(c2ccc(C)cc2)c2ccc(/C=N/N(CC(O)CSCCCSCC(O)CN(/N=C/c3ccc(N(c4ccc(C)cc4)c4ccc(C)cc4)cc3)c3ccccc3)c3ccccc3)cc2)cc1. The molecule has 0 saturated heterocycles. The maximum absolute atomic E-state index is 11.2. The van der Waals surface area contributed by atoms with Gasteiger partial charge in [-0.3, -0.25) is 10.0 Å². The van der Waals surface area contributed by atoms with Crippen LogP contribution >= 0.6 is 23.5 Å². The molecule has 0 aliphatic heterocycles. The number of thioether (sulfide) groups is 2. The van der Waals surface area contributed by atoms with Crippen LogP contribution in [0.4, 0.5) is 45.5 Å². The molecule has 73 heavy (non-hydrogen) atoms. The number of para-hydroxylation sites is 2. The Morgan fingerprint density at radius 2 is 0.644 bits per heavy atom. The van der Waals surface area contributed by atoms with Crippen LogP contribution in [0.3, 0.4) is 0 Å². The molecule has 8 nitrogen and oxygen atoms in total. The lowest BCUT2D eigenvalue weighted by Gasteiger charge is -2.26. The summed E-state index contributed by atoms with van der Waals surface area (Å²) in [5, 5.41) is 36.0. The number of aryl methyl sites for hydroxylation is 4. The first-order valence-electron chi connectivity index (χ1n) is 25.0. The topological polar surface area (TPSA) is 78.1 Å². The lowest BCUT2D eigenvalue weighted by atomic mass is 10.1. The molecule has 10 heteroatoms. The van der Waals surface area contributed by atoms with Gasteiger partial charge in [0, 0.05) is 45.6 Å². The number of benzene rings is 8. The highest BCUT2D eigenvalue weighted by Crippen LogP contribution is 2.36. The molecular weight excluding hydrogens is 937 g/mol. The molecule has 0 aromatic heterocycles. The Morgan fingerprint density at radius 1 is 0.370 bits per heavy atom. The van der Waals surface area contributed by atoms with E-state index in [0.717, 1.165) is 74.6 Å². The Bertz CT molecular complexity index is 2640. The molecule has 0 fully saturated rings. The quantitative estimate of drug-likeness (QED) is 0.0352. The van der Waals surface area contributed by atoms with Gasteiger partial charge in [-0.2, -0.15) is 33.7 Å². The smallest absolute Gasteiger partial charge is 0.0826 e. The third kappa shape index (κ3) is 15.5. The van der Waals surface area contributed by atoms with Gasteiger partial charge in [-0.15, -0.1) is 0 Å². The summed E-state index contributed by atoms with van der Waals surface area (Å²) in [5.41, 5.74) is 15.2. The van der Waals surface area contributed by atoms with Crippen molar-refractivity contribution in [2.45, 2.75) is 46.3 Å². The second kappa shape index (κ2) is 26.6. The lowest BCUT2D eigenvalue weighted by Crippen LogP contribution is -2.30. The summed E-state index contributed by atoms with van der Waals surface area (Å²) < 4.78 is 0. The van der Waals surface area contributed by atoms with Crippen LogP contribution in [-0.4, -0.2) is 71.0 Å². The number of aliphatic hydroxyl groups excluding tert-OH is 2. The molecule has 2 unspecified atom stereocenters. The van der Waals surface area contributed by atoms with Gasteiger partial charge in [-0.25, -0.2) is 0 Å². The van der Waals surface area contributed by atoms with E-state index in [1.165, 1.54) is 22.3 Å². The standard InChI is InChI=1S/C63H66N6O2S2/c1-48-16-28-56(29-17-48)68(57-30-18-49(2)19-31-57)60-36-24-52(25-37-60)42-64-66(54-12-7-5-8-13-54)44-62(70)46-72-40-11-41-73-47-63(71)45-67(55-14-9-6-10-15-55)65-43-53-26-38-61(39-27-53)69(58-32-20-50(3)21-33-58)59-34-22-51(4)23-35-59/h5-10,12-39,42-43,62-63,70-71H,11,40-41,44-47H2,1-4H3/b64-42+,65-43+. The molecule has 0 aliphatic rings. The van der Waals surface area contributed by atoms with E-state index in [-0.39, 0.29) is 0 Å². The molecule has 8 aromatic carbocycles. The summed E-state index contributed by atoms with van der Waals surface area (Å²) in [7, 11) is 0. The fraction of sp³-hybridized carbons (Fsp3) is 0.206. The van der Waals surface area contributed by atoms with Gasteiger partial charge in [-0.1, -0.05) is 131 Å². The second-order valence-electron chi connectivity index (χ2n) is 18.3. The van der Waals surface area contributed by atoms with E-state index in [4.69, 9.17) is 10.2 Å². The van der Waals surface area contributed by atoms with Crippen LogP contribution < -0.4 is 19.8 Å². The zero-order valence-electron chi connectivity index (χ0n) is 42.3. The van der Waals surface area contributed by atoms with Crippen LogP contribution in [0.15, 0.2) is 216 Å². The third-order valence-corrected chi connectivity index (χ3v) is 14.6. The first-order valence-corrected chi connectivity index (χ1v) is 27.3. The van der Waals surface area contributed by atoms with Gasteiger partial charge < -0.3 is 20.0 Å². The number of anilines is 8. The van der Waals surface area contributed by atoms with Crippen LogP contribution in [0, 0.1) is 27.7 Å². The van der Waals surface area contributed by atoms with Crippen molar-refractivity contribution < 1.29 is 10.2 Å².